The van der Waals surface area contributed by atoms with Gasteiger partial charge in [0.25, 0.3) is 0 Å². The number of rotatable bonds is 5. The largest absolute Gasteiger partial charge is 0.487 e. The lowest BCUT2D eigenvalue weighted by Gasteiger charge is -2.10. The normalized spacial score (nSPS) is 11.7. The minimum Gasteiger partial charge on any atom is -0.487 e. The molecule has 1 aromatic carbocycles. The molecule has 0 aliphatic carbocycles. The highest BCUT2D eigenvalue weighted by molar-refractivity contribution is 8.00. The van der Waals surface area contributed by atoms with Crippen molar-refractivity contribution in [1.82, 2.24) is 0 Å². The third kappa shape index (κ3) is 4.69. The van der Waals surface area contributed by atoms with E-state index in [1.807, 2.05) is 0 Å². The predicted molar refractivity (Wildman–Crippen MR) is 58.3 cm³/mol. The van der Waals surface area contributed by atoms with Crippen LogP contribution in [-0.2, 0) is 6.54 Å². The monoisotopic (exact) mass is 287 g/mol. The van der Waals surface area contributed by atoms with Crippen molar-refractivity contribution in [3.63, 3.8) is 0 Å². The second-order valence-corrected chi connectivity index (χ2v) is 4.40. The molecule has 0 aliphatic rings. The fourth-order valence-electron chi connectivity index (χ4n) is 1.17. The quantitative estimate of drug-likeness (QED) is 0.668. The molecule has 0 heterocycles. The molecule has 0 saturated heterocycles. The van der Waals surface area contributed by atoms with Gasteiger partial charge in [-0.05, 0) is 29.5 Å². The van der Waals surface area contributed by atoms with Gasteiger partial charge in [-0.15, -0.1) is 0 Å². The molecule has 0 aliphatic heterocycles. The van der Waals surface area contributed by atoms with E-state index in [-0.39, 0.29) is 23.9 Å². The summed E-state index contributed by atoms with van der Waals surface area (Å²) in [6.07, 6.45) is 0. The Labute approximate surface area is 104 Å². The molecule has 0 saturated carbocycles. The molecule has 0 spiro atoms. The average molecular weight is 287 g/mol. The van der Waals surface area contributed by atoms with Crippen LogP contribution in [0.15, 0.2) is 12.1 Å². The lowest BCUT2D eigenvalue weighted by Crippen LogP contribution is -2.09. The average Bonchev–Trinajstić information content (AvgIpc) is 2.25. The van der Waals surface area contributed by atoms with Gasteiger partial charge >= 0.3 is 5.51 Å². The molecule has 1 rings (SSSR count). The Balaban J connectivity index is 2.57. The van der Waals surface area contributed by atoms with Crippen LogP contribution in [-0.4, -0.2) is 17.9 Å². The molecule has 102 valence electrons. The number of nitrogens with two attached hydrogens (primary N) is 1. The first-order chi connectivity index (χ1) is 8.33. The van der Waals surface area contributed by atoms with Gasteiger partial charge < -0.3 is 10.5 Å². The Morgan fingerprint density at radius 1 is 1.17 bits per heavy atom. The van der Waals surface area contributed by atoms with Crippen molar-refractivity contribution in [2.24, 2.45) is 5.73 Å². The van der Waals surface area contributed by atoms with Gasteiger partial charge in [0.2, 0.25) is 0 Å². The highest BCUT2D eigenvalue weighted by atomic mass is 32.2. The highest BCUT2D eigenvalue weighted by Gasteiger charge is 2.27. The number of hydrogen-bond acceptors (Lipinski definition) is 3. The van der Waals surface area contributed by atoms with Crippen LogP contribution in [0.3, 0.4) is 0 Å². The second-order valence-electron chi connectivity index (χ2n) is 3.24. The Bertz CT molecular complexity index is 387. The van der Waals surface area contributed by atoms with Crippen LogP contribution >= 0.6 is 11.8 Å². The number of halogens is 5. The van der Waals surface area contributed by atoms with Crippen LogP contribution in [0.1, 0.15) is 5.56 Å². The summed E-state index contributed by atoms with van der Waals surface area (Å²) in [6, 6.07) is 1.96. The summed E-state index contributed by atoms with van der Waals surface area (Å²) in [7, 11) is 0. The van der Waals surface area contributed by atoms with Gasteiger partial charge in [-0.3, -0.25) is 0 Å². The first-order valence-electron chi connectivity index (χ1n) is 4.85. The maximum atomic E-state index is 13.3. The molecule has 0 aromatic heterocycles. The van der Waals surface area contributed by atoms with Crippen molar-refractivity contribution in [2.75, 3.05) is 12.4 Å². The molecular formula is C10H10F5NOS. The van der Waals surface area contributed by atoms with Gasteiger partial charge in [-0.2, -0.15) is 13.2 Å². The Kier molecular flexibility index (Phi) is 5.21. The van der Waals surface area contributed by atoms with Crippen molar-refractivity contribution in [3.05, 3.63) is 29.3 Å². The SMILES string of the molecule is NCc1cc(F)c(OCCSC(F)(F)F)c(F)c1. The van der Waals surface area contributed by atoms with Crippen molar-refractivity contribution in [3.8, 4) is 5.75 Å². The maximum absolute atomic E-state index is 13.3. The molecule has 0 radical (unpaired) electrons. The van der Waals surface area contributed by atoms with E-state index in [1.165, 1.54) is 0 Å². The van der Waals surface area contributed by atoms with Crippen molar-refractivity contribution in [2.45, 2.75) is 12.1 Å². The maximum Gasteiger partial charge on any atom is 0.441 e. The molecule has 1 aromatic rings. The Morgan fingerprint density at radius 2 is 1.72 bits per heavy atom. The summed E-state index contributed by atoms with van der Waals surface area (Å²) in [5.74, 6) is -3.09. The Hall–Kier alpha value is -1.02. The van der Waals surface area contributed by atoms with Gasteiger partial charge in [-0.1, -0.05) is 0 Å². The van der Waals surface area contributed by atoms with Crippen LogP contribution in [0, 0.1) is 11.6 Å². The second kappa shape index (κ2) is 6.24. The third-order valence-electron chi connectivity index (χ3n) is 1.89. The first kappa shape index (κ1) is 15.0. The standard InChI is InChI=1S/C10H10F5NOS/c11-7-3-6(5-16)4-8(12)9(7)17-1-2-18-10(13,14)15/h3-4H,1-2,5,16H2. The van der Waals surface area contributed by atoms with E-state index in [9.17, 15) is 22.0 Å². The summed E-state index contributed by atoms with van der Waals surface area (Å²) in [5.41, 5.74) is 1.06. The highest BCUT2D eigenvalue weighted by Crippen LogP contribution is 2.30. The Morgan fingerprint density at radius 3 is 2.17 bits per heavy atom. The molecule has 8 heteroatoms. The zero-order valence-corrected chi connectivity index (χ0v) is 9.88. The lowest BCUT2D eigenvalue weighted by molar-refractivity contribution is -0.0329. The fraction of sp³-hybridized carbons (Fsp3) is 0.400. The molecule has 0 unspecified atom stereocenters. The van der Waals surface area contributed by atoms with Crippen LogP contribution in [0.5, 0.6) is 5.75 Å². The molecule has 0 atom stereocenters. The van der Waals surface area contributed by atoms with Crippen molar-refractivity contribution in [1.29, 1.82) is 0 Å². The summed E-state index contributed by atoms with van der Waals surface area (Å²) in [5, 5.41) is 0. The fourth-order valence-corrected chi connectivity index (χ4v) is 1.57. The summed E-state index contributed by atoms with van der Waals surface area (Å²) < 4.78 is 66.6. The van der Waals surface area contributed by atoms with E-state index in [1.54, 1.807) is 0 Å². The number of hydrogen-bond donors (Lipinski definition) is 1. The number of thioether (sulfide) groups is 1. The molecular weight excluding hydrogens is 277 g/mol. The predicted octanol–water partition coefficient (Wildman–Crippen LogP) is 3.06. The van der Waals surface area contributed by atoms with Gasteiger partial charge in [-0.25, -0.2) is 8.78 Å². The molecule has 2 N–H and O–H groups in total. The minimum atomic E-state index is -4.39. The minimum absolute atomic E-state index is 0.0436. The van der Waals surface area contributed by atoms with Crippen molar-refractivity contribution < 1.29 is 26.7 Å². The lowest BCUT2D eigenvalue weighted by atomic mass is 10.2. The summed E-state index contributed by atoms with van der Waals surface area (Å²) in [6.45, 7) is -0.488. The smallest absolute Gasteiger partial charge is 0.441 e. The van der Waals surface area contributed by atoms with E-state index in [0.717, 1.165) is 12.1 Å². The molecule has 0 bridgehead atoms. The van der Waals surface area contributed by atoms with E-state index < -0.39 is 35.3 Å². The van der Waals surface area contributed by atoms with Gasteiger partial charge in [0, 0.05) is 12.3 Å². The summed E-state index contributed by atoms with van der Waals surface area (Å²) in [4.78, 5) is 0. The van der Waals surface area contributed by atoms with Gasteiger partial charge in [0.05, 0.1) is 6.61 Å². The van der Waals surface area contributed by atoms with Crippen LogP contribution in [0.4, 0.5) is 22.0 Å². The van der Waals surface area contributed by atoms with E-state index in [0.29, 0.717) is 0 Å². The number of alkyl halides is 3. The van der Waals surface area contributed by atoms with Crippen LogP contribution in [0.25, 0.3) is 0 Å². The third-order valence-corrected chi connectivity index (χ3v) is 2.59. The first-order valence-corrected chi connectivity index (χ1v) is 5.83. The number of ether oxygens (including phenoxy) is 1. The zero-order valence-electron chi connectivity index (χ0n) is 9.06. The van der Waals surface area contributed by atoms with E-state index in [2.05, 4.69) is 4.74 Å². The summed E-state index contributed by atoms with van der Waals surface area (Å²) >= 11 is -0.318. The van der Waals surface area contributed by atoms with Gasteiger partial charge in [0.1, 0.15) is 0 Å². The van der Waals surface area contributed by atoms with Gasteiger partial charge in [0.15, 0.2) is 17.4 Å². The molecule has 0 fully saturated rings. The van der Waals surface area contributed by atoms with E-state index in [4.69, 9.17) is 5.73 Å². The topological polar surface area (TPSA) is 35.2 Å². The zero-order chi connectivity index (χ0) is 13.8. The number of benzene rings is 1. The van der Waals surface area contributed by atoms with Crippen molar-refractivity contribution >= 4 is 11.8 Å². The molecule has 2 nitrogen and oxygen atoms in total. The molecule has 18 heavy (non-hydrogen) atoms. The van der Waals surface area contributed by atoms with E-state index >= 15 is 0 Å². The van der Waals surface area contributed by atoms with Crippen LogP contribution in [0.2, 0.25) is 0 Å². The van der Waals surface area contributed by atoms with Crippen LogP contribution < -0.4 is 10.5 Å². The molecule has 0 amide bonds.